The van der Waals surface area contributed by atoms with E-state index in [1.54, 1.807) is 0 Å². The van der Waals surface area contributed by atoms with Crippen molar-refractivity contribution in [3.63, 3.8) is 0 Å². The van der Waals surface area contributed by atoms with Gasteiger partial charge in [0.05, 0.1) is 6.54 Å². The van der Waals surface area contributed by atoms with Crippen molar-refractivity contribution in [3.05, 3.63) is 0 Å². The molecule has 3 aliphatic rings. The van der Waals surface area contributed by atoms with Crippen LogP contribution in [-0.2, 0) is 0 Å². The molecule has 120 valence electrons. The van der Waals surface area contributed by atoms with Crippen LogP contribution in [0.4, 0.5) is 13.2 Å². The van der Waals surface area contributed by atoms with E-state index in [1.165, 1.54) is 30.6 Å². The highest BCUT2D eigenvalue weighted by Crippen LogP contribution is 2.44. The highest BCUT2D eigenvalue weighted by Gasteiger charge is 2.40. The second kappa shape index (κ2) is 5.91. The molecule has 1 saturated heterocycles. The van der Waals surface area contributed by atoms with Crippen LogP contribution in [0.2, 0.25) is 0 Å². The molecule has 2 aliphatic carbocycles. The van der Waals surface area contributed by atoms with Crippen LogP contribution in [-0.4, -0.2) is 47.9 Å². The molecule has 3 nitrogen and oxygen atoms in total. The van der Waals surface area contributed by atoms with Crippen molar-refractivity contribution in [3.8, 4) is 0 Å². The van der Waals surface area contributed by atoms with E-state index in [1.807, 2.05) is 0 Å². The minimum Gasteiger partial charge on any atom is -0.360 e. The van der Waals surface area contributed by atoms with Crippen LogP contribution in [0.15, 0.2) is 0 Å². The number of rotatable bonds is 3. The lowest BCUT2D eigenvalue weighted by molar-refractivity contribution is -0.143. The molecule has 0 aromatic heterocycles. The van der Waals surface area contributed by atoms with Gasteiger partial charge in [0.2, 0.25) is 0 Å². The van der Waals surface area contributed by atoms with Gasteiger partial charge < -0.3 is 10.6 Å². The number of nitrogens with zero attached hydrogens (tertiary/aromatic N) is 1. The molecule has 2 saturated carbocycles. The van der Waals surface area contributed by atoms with Gasteiger partial charge in [0.15, 0.2) is 5.11 Å². The first-order valence-electron chi connectivity index (χ1n) is 7.75. The fourth-order valence-electron chi connectivity index (χ4n) is 4.16. The van der Waals surface area contributed by atoms with Crippen molar-refractivity contribution in [1.29, 1.82) is 0 Å². The van der Waals surface area contributed by atoms with Gasteiger partial charge in [0.25, 0.3) is 0 Å². The van der Waals surface area contributed by atoms with Gasteiger partial charge in [-0.3, -0.25) is 4.90 Å². The molecule has 1 aliphatic heterocycles. The summed E-state index contributed by atoms with van der Waals surface area (Å²) in [6.07, 6.45) is 1.73. The molecular weight excluding hydrogens is 299 g/mol. The number of alkyl halides is 3. The van der Waals surface area contributed by atoms with E-state index in [9.17, 15) is 13.2 Å². The molecule has 4 atom stereocenters. The second-order valence-corrected chi connectivity index (χ2v) is 7.14. The van der Waals surface area contributed by atoms with Gasteiger partial charge in [0, 0.05) is 25.2 Å². The SMILES string of the molecule is FC(F)(F)CN1CC[C@H](NC(=S)N[C@@H]2C[C@H]3CC[C@H]2C3)C1. The fraction of sp³-hybridized carbons (Fsp3) is 0.929. The lowest BCUT2D eigenvalue weighted by Gasteiger charge is -2.26. The number of halogens is 3. The molecule has 0 radical (unpaired) electrons. The number of hydrogen-bond donors (Lipinski definition) is 2. The molecule has 1 heterocycles. The third kappa shape index (κ3) is 4.00. The second-order valence-electron chi connectivity index (χ2n) is 6.74. The Labute approximate surface area is 128 Å². The van der Waals surface area contributed by atoms with Crippen LogP contribution in [0.1, 0.15) is 32.1 Å². The van der Waals surface area contributed by atoms with E-state index in [0.29, 0.717) is 30.7 Å². The molecule has 0 aromatic rings. The van der Waals surface area contributed by atoms with Gasteiger partial charge >= 0.3 is 6.18 Å². The van der Waals surface area contributed by atoms with E-state index in [0.717, 1.165) is 11.8 Å². The van der Waals surface area contributed by atoms with Crippen LogP contribution in [0.3, 0.4) is 0 Å². The Hall–Kier alpha value is -0.560. The quantitative estimate of drug-likeness (QED) is 0.780. The van der Waals surface area contributed by atoms with Gasteiger partial charge in [-0.05, 0) is 49.7 Å². The standard InChI is InChI=1S/C14H22F3N3S/c15-14(16,17)8-20-4-3-11(7-20)18-13(21)19-12-6-9-1-2-10(12)5-9/h9-12H,1-8H2,(H2,18,19,21)/t9-,10-,11-,12+/m0/s1. The van der Waals surface area contributed by atoms with Crippen molar-refractivity contribution in [1.82, 2.24) is 15.5 Å². The third-order valence-corrected chi connectivity index (χ3v) is 5.30. The summed E-state index contributed by atoms with van der Waals surface area (Å²) in [5.74, 6) is 1.59. The van der Waals surface area contributed by atoms with Crippen molar-refractivity contribution in [2.75, 3.05) is 19.6 Å². The summed E-state index contributed by atoms with van der Waals surface area (Å²) in [5.41, 5.74) is 0. The van der Waals surface area contributed by atoms with E-state index < -0.39 is 12.7 Å². The van der Waals surface area contributed by atoms with E-state index in [4.69, 9.17) is 12.2 Å². The average molecular weight is 321 g/mol. The van der Waals surface area contributed by atoms with Crippen molar-refractivity contribution in [2.45, 2.75) is 50.4 Å². The first-order chi connectivity index (χ1) is 9.89. The summed E-state index contributed by atoms with van der Waals surface area (Å²) in [5, 5.41) is 7.19. The van der Waals surface area contributed by atoms with Gasteiger partial charge in [-0.25, -0.2) is 0 Å². The summed E-state index contributed by atoms with van der Waals surface area (Å²) < 4.78 is 37.1. The summed E-state index contributed by atoms with van der Waals surface area (Å²) >= 11 is 5.33. The zero-order chi connectivity index (χ0) is 15.0. The molecule has 0 unspecified atom stereocenters. The largest absolute Gasteiger partial charge is 0.401 e. The van der Waals surface area contributed by atoms with Crippen LogP contribution in [0.5, 0.6) is 0 Å². The van der Waals surface area contributed by atoms with Crippen LogP contribution in [0, 0.1) is 11.8 Å². The minimum absolute atomic E-state index is 0.0333. The molecule has 21 heavy (non-hydrogen) atoms. The van der Waals surface area contributed by atoms with Crippen LogP contribution in [0.25, 0.3) is 0 Å². The lowest BCUT2D eigenvalue weighted by Crippen LogP contribution is -2.48. The molecule has 7 heteroatoms. The molecule has 0 spiro atoms. The number of likely N-dealkylation sites (tertiary alicyclic amines) is 1. The third-order valence-electron chi connectivity index (χ3n) is 5.07. The zero-order valence-corrected chi connectivity index (χ0v) is 12.8. The van der Waals surface area contributed by atoms with E-state index in [-0.39, 0.29) is 6.04 Å². The molecule has 0 aromatic carbocycles. The van der Waals surface area contributed by atoms with Gasteiger partial charge in [-0.2, -0.15) is 13.2 Å². The Morgan fingerprint density at radius 1 is 1.14 bits per heavy atom. The molecular formula is C14H22F3N3S. The lowest BCUT2D eigenvalue weighted by atomic mass is 9.95. The number of nitrogens with one attached hydrogen (secondary N) is 2. The molecule has 3 fully saturated rings. The summed E-state index contributed by atoms with van der Waals surface area (Å²) in [6, 6.07) is 0.502. The summed E-state index contributed by atoms with van der Waals surface area (Å²) in [7, 11) is 0. The van der Waals surface area contributed by atoms with Crippen LogP contribution < -0.4 is 10.6 Å². The van der Waals surface area contributed by atoms with Crippen LogP contribution >= 0.6 is 12.2 Å². The molecule has 3 rings (SSSR count). The van der Waals surface area contributed by atoms with Gasteiger partial charge in [-0.1, -0.05) is 6.42 Å². The van der Waals surface area contributed by atoms with E-state index >= 15 is 0 Å². The van der Waals surface area contributed by atoms with Crippen molar-refractivity contribution >= 4 is 17.3 Å². The van der Waals surface area contributed by atoms with Crippen molar-refractivity contribution in [2.24, 2.45) is 11.8 Å². The Morgan fingerprint density at radius 3 is 2.57 bits per heavy atom. The Balaban J connectivity index is 1.40. The van der Waals surface area contributed by atoms with E-state index in [2.05, 4.69) is 10.6 Å². The highest BCUT2D eigenvalue weighted by molar-refractivity contribution is 7.80. The predicted molar refractivity (Wildman–Crippen MR) is 79.0 cm³/mol. The molecule has 0 amide bonds. The maximum Gasteiger partial charge on any atom is 0.401 e. The maximum atomic E-state index is 12.4. The Kier molecular flexibility index (Phi) is 4.32. The first kappa shape index (κ1) is 15.3. The fourth-order valence-corrected chi connectivity index (χ4v) is 4.48. The normalized spacial score (nSPS) is 36.1. The number of hydrogen-bond acceptors (Lipinski definition) is 2. The number of thiocarbonyl (C=S) groups is 1. The smallest absolute Gasteiger partial charge is 0.360 e. The molecule has 2 bridgehead atoms. The Bertz CT molecular complexity index is 401. The zero-order valence-electron chi connectivity index (χ0n) is 12.0. The minimum atomic E-state index is -4.11. The topological polar surface area (TPSA) is 27.3 Å². The molecule has 2 N–H and O–H groups in total. The van der Waals surface area contributed by atoms with Gasteiger partial charge in [0.1, 0.15) is 0 Å². The summed E-state index contributed by atoms with van der Waals surface area (Å²) in [6.45, 7) is 0.0731. The Morgan fingerprint density at radius 2 is 1.95 bits per heavy atom. The monoisotopic (exact) mass is 321 g/mol. The summed E-state index contributed by atoms with van der Waals surface area (Å²) in [4.78, 5) is 1.44. The van der Waals surface area contributed by atoms with Crippen molar-refractivity contribution < 1.29 is 13.2 Å². The number of fused-ring (bicyclic) bond motifs is 2. The maximum absolute atomic E-state index is 12.4. The predicted octanol–water partition coefficient (Wildman–Crippen LogP) is 2.28. The van der Waals surface area contributed by atoms with Gasteiger partial charge in [-0.15, -0.1) is 0 Å². The average Bonchev–Trinajstić information content (AvgIpc) is 3.04. The highest BCUT2D eigenvalue weighted by atomic mass is 32.1. The first-order valence-corrected chi connectivity index (χ1v) is 8.16.